The number of halogens is 1. The molecule has 6 heteroatoms. The number of rotatable bonds is 4. The van der Waals surface area contributed by atoms with E-state index >= 15 is 0 Å². The maximum absolute atomic E-state index is 5.82. The molecular weight excluding hydrogens is 306 g/mol. The largest absolute Gasteiger partial charge is 0.496 e. The molecule has 0 saturated heterocycles. The summed E-state index contributed by atoms with van der Waals surface area (Å²) in [7, 11) is 1.62. The highest BCUT2D eigenvalue weighted by atomic mass is 35.5. The smallest absolute Gasteiger partial charge is 0.191 e. The highest BCUT2D eigenvalue weighted by Crippen LogP contribution is 2.15. The number of ether oxygens (including phenoxy) is 1. The molecule has 0 saturated carbocycles. The highest BCUT2D eigenvalue weighted by molar-refractivity contribution is 7.80. The Labute approximate surface area is 133 Å². The van der Waals surface area contributed by atoms with Gasteiger partial charge < -0.3 is 10.1 Å². The van der Waals surface area contributed by atoms with E-state index in [-0.39, 0.29) is 0 Å². The third-order valence-electron chi connectivity index (χ3n) is 2.61. The molecule has 0 atom stereocenters. The molecule has 0 unspecified atom stereocenters. The van der Waals surface area contributed by atoms with E-state index in [4.69, 9.17) is 28.6 Å². The molecular formula is C15H14ClN3OS. The minimum absolute atomic E-state index is 0.392. The molecule has 0 aliphatic carbocycles. The van der Waals surface area contributed by atoms with Crippen LogP contribution in [0.1, 0.15) is 5.56 Å². The number of benzene rings is 2. The third kappa shape index (κ3) is 4.73. The maximum Gasteiger partial charge on any atom is 0.191 e. The quantitative estimate of drug-likeness (QED) is 0.513. The highest BCUT2D eigenvalue weighted by Gasteiger charge is 1.98. The molecule has 0 heterocycles. The van der Waals surface area contributed by atoms with E-state index in [1.54, 1.807) is 25.5 Å². The zero-order valence-corrected chi connectivity index (χ0v) is 12.9. The Balaban J connectivity index is 1.91. The number of para-hydroxylation sites is 1. The molecule has 0 fully saturated rings. The van der Waals surface area contributed by atoms with Crippen LogP contribution in [0.25, 0.3) is 0 Å². The summed E-state index contributed by atoms with van der Waals surface area (Å²) in [4.78, 5) is 0. The molecule has 2 rings (SSSR count). The van der Waals surface area contributed by atoms with Gasteiger partial charge in [0, 0.05) is 16.3 Å². The van der Waals surface area contributed by atoms with Crippen molar-refractivity contribution in [1.82, 2.24) is 5.43 Å². The first-order chi connectivity index (χ1) is 10.2. The Morgan fingerprint density at radius 3 is 2.62 bits per heavy atom. The fourth-order valence-electron chi connectivity index (χ4n) is 1.63. The van der Waals surface area contributed by atoms with Crippen LogP contribution in [0.5, 0.6) is 5.75 Å². The Morgan fingerprint density at radius 2 is 1.90 bits per heavy atom. The van der Waals surface area contributed by atoms with Crippen LogP contribution in [0.15, 0.2) is 53.6 Å². The Hall–Kier alpha value is -2.11. The lowest BCUT2D eigenvalue weighted by Gasteiger charge is -2.07. The Morgan fingerprint density at radius 1 is 1.19 bits per heavy atom. The van der Waals surface area contributed by atoms with Crippen LogP contribution < -0.4 is 15.5 Å². The summed E-state index contributed by atoms with van der Waals surface area (Å²) in [6.45, 7) is 0. The number of hydrogen-bond donors (Lipinski definition) is 2. The maximum atomic E-state index is 5.82. The van der Waals surface area contributed by atoms with Gasteiger partial charge in [-0.3, -0.25) is 5.43 Å². The summed E-state index contributed by atoms with van der Waals surface area (Å²) in [5, 5.41) is 8.15. The lowest BCUT2D eigenvalue weighted by atomic mass is 10.2. The molecule has 0 amide bonds. The van der Waals surface area contributed by atoms with Gasteiger partial charge in [0.05, 0.1) is 13.3 Å². The summed E-state index contributed by atoms with van der Waals surface area (Å²) < 4.78 is 5.23. The first kappa shape index (κ1) is 15.3. The van der Waals surface area contributed by atoms with Gasteiger partial charge in [-0.25, -0.2) is 0 Å². The molecule has 2 aromatic rings. The monoisotopic (exact) mass is 319 g/mol. The van der Waals surface area contributed by atoms with E-state index in [9.17, 15) is 0 Å². The van der Waals surface area contributed by atoms with Crippen molar-refractivity contribution in [2.75, 3.05) is 12.4 Å². The van der Waals surface area contributed by atoms with Gasteiger partial charge in [0.2, 0.25) is 0 Å². The molecule has 0 bridgehead atoms. The van der Waals surface area contributed by atoms with Crippen LogP contribution in [0.4, 0.5) is 5.69 Å². The molecule has 0 aliphatic rings. The van der Waals surface area contributed by atoms with Crippen LogP contribution in [0.2, 0.25) is 5.02 Å². The lowest BCUT2D eigenvalue weighted by molar-refractivity contribution is 0.414. The fourth-order valence-corrected chi connectivity index (χ4v) is 1.92. The van der Waals surface area contributed by atoms with Crippen molar-refractivity contribution in [3.8, 4) is 5.75 Å². The number of nitrogens with one attached hydrogen (secondary N) is 2. The second-order valence-electron chi connectivity index (χ2n) is 4.07. The van der Waals surface area contributed by atoms with E-state index in [0.717, 1.165) is 17.0 Å². The van der Waals surface area contributed by atoms with E-state index in [1.807, 2.05) is 36.4 Å². The number of nitrogens with zero attached hydrogens (tertiary/aromatic N) is 1. The predicted octanol–water partition coefficient (Wildman–Crippen LogP) is 3.67. The number of hydrazone groups is 1. The lowest BCUT2D eigenvalue weighted by Crippen LogP contribution is -2.23. The third-order valence-corrected chi connectivity index (χ3v) is 3.06. The summed E-state index contributed by atoms with van der Waals surface area (Å²) in [6.07, 6.45) is 1.65. The van der Waals surface area contributed by atoms with Gasteiger partial charge >= 0.3 is 0 Å². The van der Waals surface area contributed by atoms with Crippen molar-refractivity contribution in [1.29, 1.82) is 0 Å². The Kier molecular flexibility index (Phi) is 5.54. The van der Waals surface area contributed by atoms with Gasteiger partial charge in [-0.05, 0) is 48.6 Å². The summed E-state index contributed by atoms with van der Waals surface area (Å²) in [5.41, 5.74) is 4.45. The molecule has 0 radical (unpaired) electrons. The average Bonchev–Trinajstić information content (AvgIpc) is 2.50. The predicted molar refractivity (Wildman–Crippen MR) is 91.4 cm³/mol. The topological polar surface area (TPSA) is 45.6 Å². The first-order valence-corrected chi connectivity index (χ1v) is 6.96. The van der Waals surface area contributed by atoms with Crippen LogP contribution in [0.3, 0.4) is 0 Å². The van der Waals surface area contributed by atoms with Crippen molar-refractivity contribution < 1.29 is 4.74 Å². The minimum atomic E-state index is 0.392. The van der Waals surface area contributed by atoms with E-state index in [1.165, 1.54) is 0 Å². The van der Waals surface area contributed by atoms with E-state index in [0.29, 0.717) is 10.1 Å². The molecule has 108 valence electrons. The van der Waals surface area contributed by atoms with Crippen molar-refractivity contribution in [2.45, 2.75) is 0 Å². The number of methoxy groups -OCH3 is 1. The van der Waals surface area contributed by atoms with Crippen LogP contribution in [0, 0.1) is 0 Å². The number of anilines is 1. The van der Waals surface area contributed by atoms with E-state index < -0.39 is 0 Å². The summed E-state index contributed by atoms with van der Waals surface area (Å²) in [5.74, 6) is 0.750. The summed E-state index contributed by atoms with van der Waals surface area (Å²) >= 11 is 11.0. The number of thiocarbonyl (C=S) groups is 1. The first-order valence-electron chi connectivity index (χ1n) is 6.17. The second-order valence-corrected chi connectivity index (χ2v) is 4.92. The van der Waals surface area contributed by atoms with Gasteiger partial charge in [-0.1, -0.05) is 23.7 Å². The van der Waals surface area contributed by atoms with Gasteiger partial charge in [0.15, 0.2) is 5.11 Å². The fraction of sp³-hybridized carbons (Fsp3) is 0.0667. The number of hydrogen-bond acceptors (Lipinski definition) is 3. The van der Waals surface area contributed by atoms with Gasteiger partial charge in [-0.15, -0.1) is 0 Å². The Bertz CT molecular complexity index is 644. The van der Waals surface area contributed by atoms with Crippen LogP contribution >= 0.6 is 23.8 Å². The van der Waals surface area contributed by atoms with Crippen molar-refractivity contribution in [3.63, 3.8) is 0 Å². The van der Waals surface area contributed by atoms with Crippen LogP contribution in [-0.4, -0.2) is 18.4 Å². The van der Waals surface area contributed by atoms with Gasteiger partial charge in [-0.2, -0.15) is 5.10 Å². The average molecular weight is 320 g/mol. The van der Waals surface area contributed by atoms with Crippen molar-refractivity contribution in [3.05, 3.63) is 59.1 Å². The normalized spacial score (nSPS) is 10.4. The zero-order valence-electron chi connectivity index (χ0n) is 11.3. The molecule has 2 aromatic carbocycles. The van der Waals surface area contributed by atoms with Gasteiger partial charge in [0.25, 0.3) is 0 Å². The van der Waals surface area contributed by atoms with Crippen LogP contribution in [-0.2, 0) is 0 Å². The molecule has 2 N–H and O–H groups in total. The van der Waals surface area contributed by atoms with E-state index in [2.05, 4.69) is 15.8 Å². The minimum Gasteiger partial charge on any atom is -0.496 e. The standard InChI is InChI=1S/C15H14ClN3OS/c1-20-14-5-3-2-4-11(14)10-17-19-15(21)18-13-8-6-12(16)7-9-13/h2-10H,1H3,(H2,18,19,21)/b17-10+. The zero-order chi connectivity index (χ0) is 15.1. The molecule has 0 aromatic heterocycles. The molecule has 4 nitrogen and oxygen atoms in total. The van der Waals surface area contributed by atoms with Crippen molar-refractivity contribution in [2.24, 2.45) is 5.10 Å². The molecule has 0 spiro atoms. The molecule has 0 aliphatic heterocycles. The van der Waals surface area contributed by atoms with Gasteiger partial charge in [0.1, 0.15) is 5.75 Å². The second kappa shape index (κ2) is 7.61. The summed E-state index contributed by atoms with van der Waals surface area (Å²) in [6, 6.07) is 14.8. The van der Waals surface area contributed by atoms with Crippen molar-refractivity contribution >= 4 is 40.8 Å². The molecule has 21 heavy (non-hydrogen) atoms. The SMILES string of the molecule is COc1ccccc1/C=N/NC(=S)Nc1ccc(Cl)cc1.